The Kier molecular flexibility index (Phi) is 7.12. The number of rotatable bonds is 8. The molecular weight excluding hydrogens is 398 g/mol. The van der Waals surface area contributed by atoms with Crippen LogP contribution >= 0.6 is 0 Å². The fraction of sp³-hybridized carbons (Fsp3) is 0.435. The molecule has 0 spiro atoms. The zero-order chi connectivity index (χ0) is 22.5. The number of nitro benzene ring substituents is 1. The average molecular weight is 428 g/mol. The normalized spacial score (nSPS) is 16.9. The van der Waals surface area contributed by atoms with Crippen LogP contribution in [0, 0.1) is 10.1 Å². The lowest BCUT2D eigenvalue weighted by atomic mass is 10.0. The molecule has 0 saturated carbocycles. The van der Waals surface area contributed by atoms with Gasteiger partial charge in [-0.2, -0.15) is 0 Å². The maximum atomic E-state index is 13.2. The highest BCUT2D eigenvalue weighted by atomic mass is 16.6. The van der Waals surface area contributed by atoms with Crippen LogP contribution in [0.5, 0.6) is 11.5 Å². The highest BCUT2D eigenvalue weighted by Crippen LogP contribution is 2.39. The lowest BCUT2D eigenvalue weighted by Gasteiger charge is -2.30. The monoisotopic (exact) mass is 427 g/mol. The predicted molar refractivity (Wildman–Crippen MR) is 117 cm³/mol. The number of nitrogens with zero attached hydrogens (tertiary/aromatic N) is 3. The Balaban J connectivity index is 1.75. The Hall–Kier alpha value is -3.13. The third kappa shape index (κ3) is 4.96. The second-order valence-corrected chi connectivity index (χ2v) is 7.80. The summed E-state index contributed by atoms with van der Waals surface area (Å²) in [6.07, 6.45) is 1.78. The van der Waals surface area contributed by atoms with Crippen LogP contribution in [-0.2, 0) is 4.79 Å². The number of hydrogen-bond acceptors (Lipinski definition) is 6. The number of benzene rings is 2. The number of ether oxygens (including phenoxy) is 2. The molecule has 0 N–H and O–H groups in total. The molecule has 1 aliphatic rings. The smallest absolute Gasteiger partial charge is 0.269 e. The van der Waals surface area contributed by atoms with Crippen LogP contribution in [-0.4, -0.2) is 55.0 Å². The summed E-state index contributed by atoms with van der Waals surface area (Å²) in [7, 11) is 5.10. The van der Waals surface area contributed by atoms with E-state index in [1.54, 1.807) is 26.4 Å². The number of carbonyl (C=O) groups excluding carboxylic acids is 1. The zero-order valence-corrected chi connectivity index (χ0v) is 18.4. The summed E-state index contributed by atoms with van der Waals surface area (Å²) in [5.41, 5.74) is 1.80. The Morgan fingerprint density at radius 3 is 2.71 bits per heavy atom. The SMILES string of the molecule is COc1ccc(OC)c(C2CCCN2C(=O)CN(C)C(C)c2cccc([N+](=O)[O-])c2)c1. The van der Waals surface area contributed by atoms with Gasteiger partial charge in [-0.15, -0.1) is 0 Å². The Labute approximate surface area is 182 Å². The van der Waals surface area contributed by atoms with Crippen molar-refractivity contribution in [2.45, 2.75) is 31.8 Å². The number of likely N-dealkylation sites (N-methyl/N-ethyl adjacent to an activating group) is 1. The standard InChI is InChI=1S/C23H29N3O5/c1-16(17-7-5-8-18(13-17)26(28)29)24(2)15-23(27)25-12-6-9-21(25)20-14-19(30-3)10-11-22(20)31-4/h5,7-8,10-11,13-14,16,21H,6,9,12,15H2,1-4H3. The number of carbonyl (C=O) groups is 1. The molecule has 0 radical (unpaired) electrons. The maximum absolute atomic E-state index is 13.2. The van der Waals surface area contributed by atoms with Crippen LogP contribution in [0.3, 0.4) is 0 Å². The minimum Gasteiger partial charge on any atom is -0.497 e. The van der Waals surface area contributed by atoms with E-state index in [0.29, 0.717) is 6.54 Å². The minimum absolute atomic E-state index is 0.0205. The minimum atomic E-state index is -0.405. The van der Waals surface area contributed by atoms with E-state index in [9.17, 15) is 14.9 Å². The summed E-state index contributed by atoms with van der Waals surface area (Å²) in [4.78, 5) is 27.7. The molecule has 166 valence electrons. The largest absolute Gasteiger partial charge is 0.497 e. The van der Waals surface area contributed by atoms with Crippen molar-refractivity contribution in [1.82, 2.24) is 9.80 Å². The van der Waals surface area contributed by atoms with Crippen molar-refractivity contribution in [2.75, 3.05) is 34.4 Å². The van der Waals surface area contributed by atoms with Crippen molar-refractivity contribution in [1.29, 1.82) is 0 Å². The highest BCUT2D eigenvalue weighted by molar-refractivity contribution is 5.79. The predicted octanol–water partition coefficient (Wildman–Crippen LogP) is 3.97. The molecule has 2 aromatic carbocycles. The van der Waals surface area contributed by atoms with Crippen LogP contribution in [0.25, 0.3) is 0 Å². The van der Waals surface area contributed by atoms with E-state index in [2.05, 4.69) is 0 Å². The quantitative estimate of drug-likeness (QED) is 0.468. The molecule has 1 saturated heterocycles. The third-order valence-corrected chi connectivity index (χ3v) is 5.98. The summed E-state index contributed by atoms with van der Waals surface area (Å²) < 4.78 is 10.9. The van der Waals surface area contributed by atoms with Crippen LogP contribution in [0.4, 0.5) is 5.69 Å². The first-order valence-electron chi connectivity index (χ1n) is 10.3. The van der Waals surface area contributed by atoms with E-state index < -0.39 is 4.92 Å². The van der Waals surface area contributed by atoms with Crippen LogP contribution in [0.15, 0.2) is 42.5 Å². The van der Waals surface area contributed by atoms with E-state index in [0.717, 1.165) is 35.5 Å². The van der Waals surface area contributed by atoms with Crippen LogP contribution < -0.4 is 9.47 Å². The number of methoxy groups -OCH3 is 2. The number of nitro groups is 1. The average Bonchev–Trinajstić information content (AvgIpc) is 3.28. The van der Waals surface area contributed by atoms with Crippen molar-refractivity contribution in [3.63, 3.8) is 0 Å². The van der Waals surface area contributed by atoms with Crippen molar-refractivity contribution >= 4 is 11.6 Å². The van der Waals surface area contributed by atoms with Gasteiger partial charge in [-0.1, -0.05) is 12.1 Å². The van der Waals surface area contributed by atoms with E-state index in [1.807, 2.05) is 48.0 Å². The lowest BCUT2D eigenvalue weighted by Crippen LogP contribution is -2.39. The van der Waals surface area contributed by atoms with E-state index in [1.165, 1.54) is 6.07 Å². The Morgan fingerprint density at radius 2 is 2.03 bits per heavy atom. The van der Waals surface area contributed by atoms with Crippen molar-refractivity contribution in [3.05, 3.63) is 63.7 Å². The van der Waals surface area contributed by atoms with Crippen molar-refractivity contribution in [2.24, 2.45) is 0 Å². The van der Waals surface area contributed by atoms with E-state index >= 15 is 0 Å². The summed E-state index contributed by atoms with van der Waals surface area (Å²) in [5.74, 6) is 1.49. The highest BCUT2D eigenvalue weighted by Gasteiger charge is 2.33. The molecule has 1 fully saturated rings. The van der Waals surface area contributed by atoms with Gasteiger partial charge >= 0.3 is 0 Å². The van der Waals surface area contributed by atoms with Gasteiger partial charge in [-0.05, 0) is 50.6 Å². The molecule has 0 aromatic heterocycles. The van der Waals surface area contributed by atoms with Crippen LogP contribution in [0.2, 0.25) is 0 Å². The summed E-state index contributed by atoms with van der Waals surface area (Å²) in [5, 5.41) is 11.1. The van der Waals surface area contributed by atoms with Crippen molar-refractivity contribution in [3.8, 4) is 11.5 Å². The molecule has 1 amide bonds. The van der Waals surface area contributed by atoms with Gasteiger partial charge in [0, 0.05) is 30.3 Å². The Morgan fingerprint density at radius 1 is 1.26 bits per heavy atom. The molecule has 2 atom stereocenters. The first-order chi connectivity index (χ1) is 14.8. The molecule has 31 heavy (non-hydrogen) atoms. The molecule has 0 bridgehead atoms. The van der Waals surface area contributed by atoms with Gasteiger partial charge in [-0.25, -0.2) is 0 Å². The first-order valence-corrected chi connectivity index (χ1v) is 10.3. The van der Waals surface area contributed by atoms with Gasteiger partial charge in [0.05, 0.1) is 31.7 Å². The summed E-state index contributed by atoms with van der Waals surface area (Å²) in [6, 6.07) is 12.0. The topological polar surface area (TPSA) is 85.2 Å². The number of hydrogen-bond donors (Lipinski definition) is 0. The molecule has 8 nitrogen and oxygen atoms in total. The van der Waals surface area contributed by atoms with E-state index in [-0.39, 0.29) is 30.2 Å². The van der Waals surface area contributed by atoms with Gasteiger partial charge in [0.1, 0.15) is 11.5 Å². The van der Waals surface area contributed by atoms with Gasteiger partial charge in [0.2, 0.25) is 5.91 Å². The molecule has 1 heterocycles. The molecule has 8 heteroatoms. The molecular formula is C23H29N3O5. The third-order valence-electron chi connectivity index (χ3n) is 5.98. The fourth-order valence-corrected chi connectivity index (χ4v) is 4.08. The number of amides is 1. The summed E-state index contributed by atoms with van der Waals surface area (Å²) >= 11 is 0. The second kappa shape index (κ2) is 9.78. The van der Waals surface area contributed by atoms with Crippen LogP contribution in [0.1, 0.15) is 43.0 Å². The molecule has 1 aliphatic heterocycles. The first kappa shape index (κ1) is 22.6. The van der Waals surface area contributed by atoms with E-state index in [4.69, 9.17) is 9.47 Å². The zero-order valence-electron chi connectivity index (χ0n) is 18.4. The van der Waals surface area contributed by atoms with Gasteiger partial charge < -0.3 is 14.4 Å². The van der Waals surface area contributed by atoms with Crippen molar-refractivity contribution < 1.29 is 19.2 Å². The molecule has 0 aliphatic carbocycles. The number of likely N-dealkylation sites (tertiary alicyclic amines) is 1. The fourth-order valence-electron chi connectivity index (χ4n) is 4.08. The molecule has 3 rings (SSSR count). The summed E-state index contributed by atoms with van der Waals surface area (Å²) in [6.45, 7) is 2.84. The molecule has 2 unspecified atom stereocenters. The van der Waals surface area contributed by atoms with Gasteiger partial charge in [0.25, 0.3) is 5.69 Å². The second-order valence-electron chi connectivity index (χ2n) is 7.80. The maximum Gasteiger partial charge on any atom is 0.269 e. The van der Waals surface area contributed by atoms with Gasteiger partial charge in [0.15, 0.2) is 0 Å². The number of non-ortho nitro benzene ring substituents is 1. The van der Waals surface area contributed by atoms with Gasteiger partial charge in [-0.3, -0.25) is 19.8 Å². The Bertz CT molecular complexity index is 949. The lowest BCUT2D eigenvalue weighted by molar-refractivity contribution is -0.384. The molecule has 2 aromatic rings.